The fourth-order valence-electron chi connectivity index (χ4n) is 2.68. The molecule has 0 spiro atoms. The molecule has 0 unspecified atom stereocenters. The van der Waals surface area contributed by atoms with Gasteiger partial charge in [0.2, 0.25) is 10.0 Å². The number of aryl methyl sites for hydroxylation is 1. The van der Waals surface area contributed by atoms with E-state index in [2.05, 4.69) is 4.98 Å². The maximum absolute atomic E-state index is 12.8. The summed E-state index contributed by atoms with van der Waals surface area (Å²) in [7, 11) is -3.77. The van der Waals surface area contributed by atoms with Gasteiger partial charge in [0.25, 0.3) is 0 Å². The lowest BCUT2D eigenvalue weighted by atomic mass is 10.2. The Labute approximate surface area is 151 Å². The summed E-state index contributed by atoms with van der Waals surface area (Å²) in [5, 5.41) is 9.52. The smallest absolute Gasteiger partial charge is 0.244 e. The van der Waals surface area contributed by atoms with E-state index in [0.717, 1.165) is 5.69 Å². The summed E-state index contributed by atoms with van der Waals surface area (Å²) in [6.07, 6.45) is 1.94. The topological polar surface area (TPSA) is 83.3 Å². The van der Waals surface area contributed by atoms with Crippen LogP contribution in [0.2, 0.25) is 5.02 Å². The van der Waals surface area contributed by atoms with Crippen molar-refractivity contribution in [1.29, 1.82) is 5.26 Å². The summed E-state index contributed by atoms with van der Waals surface area (Å²) in [6, 6.07) is 9.74. The molecule has 1 aliphatic heterocycles. The van der Waals surface area contributed by atoms with Crippen LogP contribution in [0.4, 0.5) is 0 Å². The van der Waals surface area contributed by atoms with Crippen LogP contribution in [-0.2, 0) is 10.0 Å². The second-order valence-electron chi connectivity index (χ2n) is 5.78. The van der Waals surface area contributed by atoms with Crippen molar-refractivity contribution in [2.24, 2.45) is 0 Å². The lowest BCUT2D eigenvalue weighted by Gasteiger charge is -2.18. The van der Waals surface area contributed by atoms with Gasteiger partial charge >= 0.3 is 0 Å². The van der Waals surface area contributed by atoms with Crippen LogP contribution in [0.5, 0.6) is 5.75 Å². The zero-order chi connectivity index (χ0) is 18.0. The third-order valence-corrected chi connectivity index (χ3v) is 6.13. The van der Waals surface area contributed by atoms with Gasteiger partial charge in [0.05, 0.1) is 18.3 Å². The van der Waals surface area contributed by atoms with Gasteiger partial charge in [-0.2, -0.15) is 9.57 Å². The van der Waals surface area contributed by atoms with E-state index in [1.54, 1.807) is 6.20 Å². The molecule has 6 nitrogen and oxygen atoms in total. The van der Waals surface area contributed by atoms with Crippen molar-refractivity contribution in [2.45, 2.75) is 24.3 Å². The molecule has 2 heterocycles. The van der Waals surface area contributed by atoms with Gasteiger partial charge in [-0.05, 0) is 43.7 Å². The Balaban J connectivity index is 1.77. The molecule has 0 N–H and O–H groups in total. The Bertz CT molecular complexity index is 923. The van der Waals surface area contributed by atoms with Crippen LogP contribution >= 0.6 is 11.6 Å². The quantitative estimate of drug-likeness (QED) is 0.818. The molecule has 1 atom stereocenters. The van der Waals surface area contributed by atoms with Crippen LogP contribution in [0.1, 0.15) is 17.7 Å². The summed E-state index contributed by atoms with van der Waals surface area (Å²) in [5.41, 5.74) is 0.925. The van der Waals surface area contributed by atoms with E-state index in [9.17, 15) is 13.7 Å². The van der Waals surface area contributed by atoms with Crippen LogP contribution in [0.15, 0.2) is 41.4 Å². The van der Waals surface area contributed by atoms with Crippen molar-refractivity contribution in [2.75, 3.05) is 13.1 Å². The molecule has 2 aromatic rings. The zero-order valence-corrected chi connectivity index (χ0v) is 15.1. The molecule has 130 valence electrons. The first-order valence-corrected chi connectivity index (χ1v) is 9.51. The average Bonchev–Trinajstić information content (AvgIpc) is 3.06. The predicted octanol–water partition coefficient (Wildman–Crippen LogP) is 2.76. The molecule has 0 bridgehead atoms. The molecule has 1 saturated heterocycles. The van der Waals surface area contributed by atoms with E-state index in [1.807, 2.05) is 25.1 Å². The van der Waals surface area contributed by atoms with Crippen LogP contribution in [0, 0.1) is 18.3 Å². The van der Waals surface area contributed by atoms with E-state index < -0.39 is 10.0 Å². The Hall–Kier alpha value is -2.14. The van der Waals surface area contributed by atoms with E-state index in [0.29, 0.717) is 23.7 Å². The number of hydrogen-bond donors (Lipinski definition) is 0. The number of pyridine rings is 1. The summed E-state index contributed by atoms with van der Waals surface area (Å²) in [5.74, 6) is 0.610. The highest BCUT2D eigenvalue weighted by Crippen LogP contribution is 2.27. The third kappa shape index (κ3) is 3.76. The van der Waals surface area contributed by atoms with Crippen LogP contribution in [-0.4, -0.2) is 36.9 Å². The first-order chi connectivity index (χ1) is 11.9. The molecule has 1 fully saturated rings. The Morgan fingerprint density at radius 2 is 2.16 bits per heavy atom. The number of nitriles is 1. The summed E-state index contributed by atoms with van der Waals surface area (Å²) >= 11 is 5.84. The molecular weight excluding hydrogens is 362 g/mol. The largest absolute Gasteiger partial charge is 0.487 e. The first kappa shape index (κ1) is 17.7. The predicted molar refractivity (Wildman–Crippen MR) is 92.9 cm³/mol. The fraction of sp³-hybridized carbons (Fsp3) is 0.294. The van der Waals surface area contributed by atoms with E-state index in [-0.39, 0.29) is 23.1 Å². The van der Waals surface area contributed by atoms with Gasteiger partial charge in [-0.25, -0.2) is 8.42 Å². The second-order valence-corrected chi connectivity index (χ2v) is 8.12. The summed E-state index contributed by atoms with van der Waals surface area (Å²) in [6.45, 7) is 2.44. The van der Waals surface area contributed by atoms with Gasteiger partial charge in [-0.1, -0.05) is 11.6 Å². The molecule has 1 aromatic heterocycles. The minimum Gasteiger partial charge on any atom is -0.487 e. The molecule has 0 aliphatic carbocycles. The monoisotopic (exact) mass is 377 g/mol. The summed E-state index contributed by atoms with van der Waals surface area (Å²) in [4.78, 5) is 4.13. The molecule has 3 rings (SSSR count). The lowest BCUT2D eigenvalue weighted by molar-refractivity contribution is 0.214. The Morgan fingerprint density at radius 1 is 1.36 bits per heavy atom. The molecule has 8 heteroatoms. The summed E-state index contributed by atoms with van der Waals surface area (Å²) < 4.78 is 32.8. The number of sulfonamides is 1. The molecule has 1 aromatic carbocycles. The van der Waals surface area contributed by atoms with Crippen molar-refractivity contribution >= 4 is 21.6 Å². The number of ether oxygens (including phenoxy) is 1. The van der Waals surface area contributed by atoms with E-state index in [1.165, 1.54) is 22.5 Å². The second kappa shape index (κ2) is 7.00. The van der Waals surface area contributed by atoms with Gasteiger partial charge in [0, 0.05) is 17.3 Å². The minimum atomic E-state index is -3.77. The number of halogens is 1. The SMILES string of the molecule is Cc1ccc(O[C@@H]2CCN(S(=O)(=O)c3ccc(Cl)cc3C#N)C2)cn1. The van der Waals surface area contributed by atoms with Crippen molar-refractivity contribution in [3.05, 3.63) is 52.8 Å². The van der Waals surface area contributed by atoms with E-state index in [4.69, 9.17) is 16.3 Å². The van der Waals surface area contributed by atoms with Crippen LogP contribution < -0.4 is 4.74 Å². The average molecular weight is 378 g/mol. The maximum Gasteiger partial charge on any atom is 0.244 e. The van der Waals surface area contributed by atoms with Gasteiger partial charge in [-0.15, -0.1) is 0 Å². The minimum absolute atomic E-state index is 0.0305. The number of nitrogens with zero attached hydrogens (tertiary/aromatic N) is 3. The molecule has 1 aliphatic rings. The highest BCUT2D eigenvalue weighted by atomic mass is 35.5. The van der Waals surface area contributed by atoms with Crippen molar-refractivity contribution in [3.8, 4) is 11.8 Å². The van der Waals surface area contributed by atoms with Gasteiger partial charge in [0.1, 0.15) is 22.8 Å². The molecule has 0 radical (unpaired) electrons. The normalized spacial score (nSPS) is 18.0. The maximum atomic E-state index is 12.8. The molecule has 0 saturated carbocycles. The standard InChI is InChI=1S/C17H16ClN3O3S/c1-12-2-4-15(10-20-12)24-16-6-7-21(11-16)25(22,23)17-5-3-14(18)8-13(17)9-19/h2-5,8,10,16H,6-7,11H2,1H3/t16-/m1/s1. The number of rotatable bonds is 4. The van der Waals surface area contributed by atoms with Crippen molar-refractivity contribution in [1.82, 2.24) is 9.29 Å². The van der Waals surface area contributed by atoms with Gasteiger partial charge in [-0.3, -0.25) is 4.98 Å². The Kier molecular flexibility index (Phi) is 4.95. The number of hydrogen-bond acceptors (Lipinski definition) is 5. The van der Waals surface area contributed by atoms with Crippen molar-refractivity contribution < 1.29 is 13.2 Å². The Morgan fingerprint density at radius 3 is 2.84 bits per heavy atom. The number of aromatic nitrogens is 1. The fourth-order valence-corrected chi connectivity index (χ4v) is 4.46. The lowest BCUT2D eigenvalue weighted by Crippen LogP contribution is -2.31. The van der Waals surface area contributed by atoms with Gasteiger partial charge < -0.3 is 4.74 Å². The molecule has 0 amide bonds. The van der Waals surface area contributed by atoms with Gasteiger partial charge in [0.15, 0.2) is 0 Å². The first-order valence-electron chi connectivity index (χ1n) is 7.69. The highest BCUT2D eigenvalue weighted by Gasteiger charge is 2.35. The molecule has 25 heavy (non-hydrogen) atoms. The van der Waals surface area contributed by atoms with Crippen LogP contribution in [0.25, 0.3) is 0 Å². The van der Waals surface area contributed by atoms with Crippen molar-refractivity contribution in [3.63, 3.8) is 0 Å². The highest BCUT2D eigenvalue weighted by molar-refractivity contribution is 7.89. The number of benzene rings is 1. The van der Waals surface area contributed by atoms with Crippen LogP contribution in [0.3, 0.4) is 0 Å². The zero-order valence-electron chi connectivity index (χ0n) is 13.5. The third-order valence-electron chi connectivity index (χ3n) is 3.97. The van der Waals surface area contributed by atoms with E-state index >= 15 is 0 Å². The molecular formula is C17H16ClN3O3S.